The standard InChI is InChI=1S/C13H18ClF3N4O/c1-8(6-18)21(2)11(22)3-4-19-12-10(14)5-9(7-20-12)13(15,16)17/h5,7-8H,3-4,6,18H2,1-2H3,(H,19,20). The number of amides is 1. The second kappa shape index (κ2) is 7.64. The smallest absolute Gasteiger partial charge is 0.368 e. The summed E-state index contributed by atoms with van der Waals surface area (Å²) in [7, 11) is 1.64. The summed E-state index contributed by atoms with van der Waals surface area (Å²) in [6, 6.07) is 0.710. The maximum atomic E-state index is 12.5. The van der Waals surface area contributed by atoms with Gasteiger partial charge in [-0.25, -0.2) is 4.98 Å². The van der Waals surface area contributed by atoms with Gasteiger partial charge in [-0.2, -0.15) is 13.2 Å². The Labute approximate surface area is 131 Å². The summed E-state index contributed by atoms with van der Waals surface area (Å²) < 4.78 is 37.4. The van der Waals surface area contributed by atoms with Gasteiger partial charge in [0.2, 0.25) is 5.91 Å². The van der Waals surface area contributed by atoms with Crippen LogP contribution in [0.15, 0.2) is 12.3 Å². The van der Waals surface area contributed by atoms with Crippen molar-refractivity contribution in [1.29, 1.82) is 0 Å². The molecule has 0 aromatic carbocycles. The van der Waals surface area contributed by atoms with Crippen molar-refractivity contribution in [2.24, 2.45) is 5.73 Å². The molecule has 0 saturated heterocycles. The Balaban J connectivity index is 2.57. The minimum atomic E-state index is -4.49. The van der Waals surface area contributed by atoms with E-state index in [1.165, 1.54) is 4.90 Å². The minimum absolute atomic E-state index is 0.0831. The molecule has 1 rings (SSSR count). The number of rotatable bonds is 6. The topological polar surface area (TPSA) is 71.2 Å². The van der Waals surface area contributed by atoms with Gasteiger partial charge in [-0.15, -0.1) is 0 Å². The molecule has 0 bridgehead atoms. The summed E-state index contributed by atoms with van der Waals surface area (Å²) in [6.45, 7) is 2.38. The van der Waals surface area contributed by atoms with Crippen LogP contribution >= 0.6 is 11.6 Å². The number of carbonyl (C=O) groups excluding carboxylic acids is 1. The molecular weight excluding hydrogens is 321 g/mol. The average Bonchev–Trinajstić information content (AvgIpc) is 2.45. The minimum Gasteiger partial charge on any atom is -0.368 e. The molecule has 124 valence electrons. The lowest BCUT2D eigenvalue weighted by atomic mass is 10.2. The lowest BCUT2D eigenvalue weighted by molar-refractivity contribution is -0.137. The highest BCUT2D eigenvalue weighted by atomic mass is 35.5. The molecule has 0 aliphatic rings. The Bertz CT molecular complexity index is 524. The zero-order valence-corrected chi connectivity index (χ0v) is 13.0. The lowest BCUT2D eigenvalue weighted by Gasteiger charge is -2.23. The first-order chi connectivity index (χ1) is 10.2. The maximum absolute atomic E-state index is 12.5. The Morgan fingerprint density at radius 1 is 1.55 bits per heavy atom. The van der Waals surface area contributed by atoms with Crippen molar-refractivity contribution >= 4 is 23.3 Å². The van der Waals surface area contributed by atoms with Gasteiger partial charge in [-0.3, -0.25) is 4.79 Å². The van der Waals surface area contributed by atoms with Crippen LogP contribution in [0.4, 0.5) is 19.0 Å². The molecule has 0 saturated carbocycles. The predicted molar refractivity (Wildman–Crippen MR) is 78.6 cm³/mol. The van der Waals surface area contributed by atoms with Gasteiger partial charge in [0.05, 0.1) is 10.6 Å². The number of nitrogens with two attached hydrogens (primary N) is 1. The molecule has 1 amide bonds. The maximum Gasteiger partial charge on any atom is 0.417 e. The molecule has 9 heteroatoms. The molecule has 0 fully saturated rings. The molecule has 3 N–H and O–H groups in total. The van der Waals surface area contributed by atoms with Crippen LogP contribution in [0.2, 0.25) is 5.02 Å². The van der Waals surface area contributed by atoms with Gasteiger partial charge < -0.3 is 16.0 Å². The fourth-order valence-corrected chi connectivity index (χ4v) is 1.82. The largest absolute Gasteiger partial charge is 0.417 e. The first-order valence-corrected chi connectivity index (χ1v) is 6.97. The monoisotopic (exact) mass is 338 g/mol. The number of carbonyl (C=O) groups is 1. The van der Waals surface area contributed by atoms with Crippen LogP contribution in [0.3, 0.4) is 0 Å². The van der Waals surface area contributed by atoms with Gasteiger partial charge in [0.15, 0.2) is 0 Å². The number of alkyl halides is 3. The SMILES string of the molecule is CC(CN)N(C)C(=O)CCNc1ncc(C(F)(F)F)cc1Cl. The zero-order valence-electron chi connectivity index (χ0n) is 12.2. The first-order valence-electron chi connectivity index (χ1n) is 6.59. The van der Waals surface area contributed by atoms with Crippen LogP contribution < -0.4 is 11.1 Å². The van der Waals surface area contributed by atoms with Crippen molar-refractivity contribution in [3.05, 3.63) is 22.8 Å². The number of aromatic nitrogens is 1. The molecule has 22 heavy (non-hydrogen) atoms. The van der Waals surface area contributed by atoms with E-state index in [2.05, 4.69) is 10.3 Å². The summed E-state index contributed by atoms with van der Waals surface area (Å²) in [4.78, 5) is 17.0. The number of nitrogens with zero attached hydrogens (tertiary/aromatic N) is 2. The second-order valence-electron chi connectivity index (χ2n) is 4.82. The van der Waals surface area contributed by atoms with Gasteiger partial charge >= 0.3 is 6.18 Å². The van der Waals surface area contributed by atoms with Crippen LogP contribution in [0.1, 0.15) is 18.9 Å². The molecular formula is C13H18ClF3N4O. The summed E-state index contributed by atoms with van der Waals surface area (Å²) in [5.41, 5.74) is 4.55. The summed E-state index contributed by atoms with van der Waals surface area (Å²) in [5.74, 6) is -0.0227. The summed E-state index contributed by atoms with van der Waals surface area (Å²) in [5, 5.41) is 2.60. The van der Waals surface area contributed by atoms with Crippen molar-refractivity contribution in [1.82, 2.24) is 9.88 Å². The number of hydrogen-bond donors (Lipinski definition) is 2. The van der Waals surface area contributed by atoms with Crippen LogP contribution in [-0.4, -0.2) is 42.0 Å². The van der Waals surface area contributed by atoms with Crippen molar-refractivity contribution in [2.75, 3.05) is 25.5 Å². The summed E-state index contributed by atoms with van der Waals surface area (Å²) in [6.07, 6.45) is -3.65. The van der Waals surface area contributed by atoms with E-state index in [4.69, 9.17) is 17.3 Å². The number of likely N-dealkylation sites (N-methyl/N-ethyl adjacent to an activating group) is 1. The normalized spacial score (nSPS) is 12.9. The highest BCUT2D eigenvalue weighted by Gasteiger charge is 2.31. The number of pyridine rings is 1. The number of nitrogens with one attached hydrogen (secondary N) is 1. The van der Waals surface area contributed by atoms with E-state index >= 15 is 0 Å². The van der Waals surface area contributed by atoms with Crippen LogP contribution in [0.5, 0.6) is 0 Å². The van der Waals surface area contributed by atoms with Gasteiger partial charge in [-0.1, -0.05) is 11.6 Å². The third-order valence-electron chi connectivity index (χ3n) is 3.20. The predicted octanol–water partition coefficient (Wildman–Crippen LogP) is 2.36. The molecule has 0 spiro atoms. The van der Waals surface area contributed by atoms with Crippen LogP contribution in [0, 0.1) is 0 Å². The average molecular weight is 339 g/mol. The molecule has 0 aliphatic heterocycles. The van der Waals surface area contributed by atoms with Crippen molar-refractivity contribution in [2.45, 2.75) is 25.6 Å². The molecule has 1 aromatic heterocycles. The fourth-order valence-electron chi connectivity index (χ4n) is 1.59. The molecule has 1 unspecified atom stereocenters. The third-order valence-corrected chi connectivity index (χ3v) is 3.48. The van der Waals surface area contributed by atoms with Crippen molar-refractivity contribution in [3.8, 4) is 0 Å². The first kappa shape index (κ1) is 18.5. The van der Waals surface area contributed by atoms with E-state index in [0.29, 0.717) is 12.7 Å². The molecule has 1 heterocycles. The van der Waals surface area contributed by atoms with Gasteiger partial charge in [0.1, 0.15) is 5.82 Å². The fraction of sp³-hybridized carbons (Fsp3) is 0.538. The molecule has 1 aromatic rings. The van der Waals surface area contributed by atoms with E-state index in [0.717, 1.165) is 6.07 Å². The van der Waals surface area contributed by atoms with E-state index < -0.39 is 11.7 Å². The number of halogens is 4. The third kappa shape index (κ3) is 5.03. The van der Waals surface area contributed by atoms with Crippen molar-refractivity contribution in [3.63, 3.8) is 0 Å². The Kier molecular flexibility index (Phi) is 6.43. The van der Waals surface area contributed by atoms with Crippen molar-refractivity contribution < 1.29 is 18.0 Å². The Hall–Kier alpha value is -1.54. The molecule has 0 aliphatic carbocycles. The quantitative estimate of drug-likeness (QED) is 0.835. The highest BCUT2D eigenvalue weighted by Crippen LogP contribution is 2.32. The van der Waals surface area contributed by atoms with E-state index in [-0.39, 0.29) is 35.8 Å². The van der Waals surface area contributed by atoms with Crippen LogP contribution in [0.25, 0.3) is 0 Å². The van der Waals surface area contributed by atoms with Gasteiger partial charge in [0, 0.05) is 38.8 Å². The van der Waals surface area contributed by atoms with Gasteiger partial charge in [0.25, 0.3) is 0 Å². The van der Waals surface area contributed by atoms with Crippen LogP contribution in [-0.2, 0) is 11.0 Å². The van der Waals surface area contributed by atoms with E-state index in [1.807, 2.05) is 6.92 Å². The van der Waals surface area contributed by atoms with E-state index in [9.17, 15) is 18.0 Å². The Morgan fingerprint density at radius 2 is 2.18 bits per heavy atom. The molecule has 0 radical (unpaired) electrons. The van der Waals surface area contributed by atoms with Gasteiger partial charge in [-0.05, 0) is 13.0 Å². The molecule has 5 nitrogen and oxygen atoms in total. The van der Waals surface area contributed by atoms with E-state index in [1.54, 1.807) is 7.05 Å². The lowest BCUT2D eigenvalue weighted by Crippen LogP contribution is -2.40. The highest BCUT2D eigenvalue weighted by molar-refractivity contribution is 6.32. The second-order valence-corrected chi connectivity index (χ2v) is 5.23. The number of hydrogen-bond acceptors (Lipinski definition) is 4. The number of anilines is 1. The zero-order chi connectivity index (χ0) is 16.9. The summed E-state index contributed by atoms with van der Waals surface area (Å²) >= 11 is 5.75. The Morgan fingerprint density at radius 3 is 2.68 bits per heavy atom. The molecule has 1 atom stereocenters.